The topological polar surface area (TPSA) is 52.6 Å². The summed E-state index contributed by atoms with van der Waals surface area (Å²) in [6.45, 7) is 2.20. The molecule has 0 aromatic carbocycles. The van der Waals surface area contributed by atoms with E-state index >= 15 is 0 Å². The number of rotatable bonds is 0. The highest BCUT2D eigenvalue weighted by molar-refractivity contribution is 5.32. The van der Waals surface area contributed by atoms with E-state index in [4.69, 9.17) is 9.90 Å². The first-order chi connectivity index (χ1) is 6.88. The first-order valence-electron chi connectivity index (χ1n) is 5.12. The van der Waals surface area contributed by atoms with Gasteiger partial charge in [0.05, 0.1) is 6.17 Å². The second-order valence-corrected chi connectivity index (χ2v) is 3.48. The first-order valence-corrected chi connectivity index (χ1v) is 5.12. The van der Waals surface area contributed by atoms with Crippen molar-refractivity contribution in [1.82, 2.24) is 10.2 Å². The summed E-state index contributed by atoms with van der Waals surface area (Å²) < 4.78 is 0. The largest absolute Gasteiger partial charge is 0.483 e. The molecule has 0 spiro atoms. The summed E-state index contributed by atoms with van der Waals surface area (Å²) in [6, 6.07) is 0. The van der Waals surface area contributed by atoms with Crippen LogP contribution in [-0.4, -0.2) is 35.7 Å². The number of carbonyl (C=O) groups is 1. The normalized spacial score (nSPS) is 25.4. The molecular formula is C10H18N2O2. The van der Waals surface area contributed by atoms with Crippen LogP contribution in [0.15, 0.2) is 12.3 Å². The van der Waals surface area contributed by atoms with E-state index in [-0.39, 0.29) is 6.47 Å². The molecular weight excluding hydrogens is 180 g/mol. The van der Waals surface area contributed by atoms with Crippen LogP contribution in [0.2, 0.25) is 0 Å². The van der Waals surface area contributed by atoms with Crippen molar-refractivity contribution in [3.05, 3.63) is 12.3 Å². The molecule has 0 aromatic heterocycles. The van der Waals surface area contributed by atoms with Crippen LogP contribution >= 0.6 is 0 Å². The third-order valence-corrected chi connectivity index (χ3v) is 2.52. The second-order valence-electron chi connectivity index (χ2n) is 3.48. The Labute approximate surface area is 84.6 Å². The standard InChI is InChI=1S/C9H16N2.CH2O2/c1-2-5-9-10-6-4-8-11(9)7-3-1;2-1-3/h3,7,9-10H,1-2,4-6,8H2;1H,(H,2,3). The highest BCUT2D eigenvalue weighted by Crippen LogP contribution is 2.15. The molecule has 1 atom stereocenters. The molecule has 0 aromatic rings. The van der Waals surface area contributed by atoms with Gasteiger partial charge in [-0.05, 0) is 38.4 Å². The Morgan fingerprint density at radius 1 is 1.50 bits per heavy atom. The van der Waals surface area contributed by atoms with E-state index in [0.29, 0.717) is 6.17 Å². The van der Waals surface area contributed by atoms with Gasteiger partial charge in [0.25, 0.3) is 6.47 Å². The summed E-state index contributed by atoms with van der Waals surface area (Å²) in [5, 5.41) is 10.4. The first kappa shape index (κ1) is 11.0. The molecule has 2 heterocycles. The Morgan fingerprint density at radius 2 is 2.29 bits per heavy atom. The summed E-state index contributed by atoms with van der Waals surface area (Å²) in [5.74, 6) is 0. The Hall–Kier alpha value is -1.03. The van der Waals surface area contributed by atoms with Crippen LogP contribution in [0.1, 0.15) is 25.7 Å². The molecule has 2 rings (SSSR count). The maximum atomic E-state index is 8.36. The van der Waals surface area contributed by atoms with E-state index in [1.165, 1.54) is 38.8 Å². The van der Waals surface area contributed by atoms with E-state index < -0.39 is 0 Å². The predicted octanol–water partition coefficient (Wildman–Crippen LogP) is 1.01. The summed E-state index contributed by atoms with van der Waals surface area (Å²) in [7, 11) is 0. The molecule has 2 aliphatic heterocycles. The van der Waals surface area contributed by atoms with E-state index in [9.17, 15) is 0 Å². The van der Waals surface area contributed by atoms with Crippen molar-refractivity contribution in [2.75, 3.05) is 13.1 Å². The lowest BCUT2D eigenvalue weighted by Gasteiger charge is -2.34. The van der Waals surface area contributed by atoms with E-state index in [1.54, 1.807) is 0 Å². The zero-order chi connectivity index (χ0) is 10.2. The monoisotopic (exact) mass is 198 g/mol. The fraction of sp³-hybridized carbons (Fsp3) is 0.700. The fourth-order valence-corrected chi connectivity index (χ4v) is 1.89. The lowest BCUT2D eigenvalue weighted by molar-refractivity contribution is -0.122. The van der Waals surface area contributed by atoms with Gasteiger partial charge in [0.2, 0.25) is 0 Å². The third kappa shape index (κ3) is 3.38. The summed E-state index contributed by atoms with van der Waals surface area (Å²) in [4.78, 5) is 10.8. The molecule has 2 aliphatic rings. The zero-order valence-corrected chi connectivity index (χ0v) is 8.35. The summed E-state index contributed by atoms with van der Waals surface area (Å²) in [6.07, 6.45) is 10.4. The van der Waals surface area contributed by atoms with Gasteiger partial charge >= 0.3 is 0 Å². The predicted molar refractivity (Wildman–Crippen MR) is 54.8 cm³/mol. The van der Waals surface area contributed by atoms with Gasteiger partial charge in [-0.1, -0.05) is 6.08 Å². The van der Waals surface area contributed by atoms with Gasteiger partial charge in [0.15, 0.2) is 0 Å². The third-order valence-electron chi connectivity index (χ3n) is 2.52. The average Bonchev–Trinajstić information content (AvgIpc) is 2.43. The molecule has 80 valence electrons. The number of hydrogen-bond acceptors (Lipinski definition) is 3. The molecule has 1 saturated heterocycles. The van der Waals surface area contributed by atoms with Crippen LogP contribution in [0.3, 0.4) is 0 Å². The Kier molecular flexibility index (Phi) is 5.07. The minimum atomic E-state index is -0.250. The molecule has 4 heteroatoms. The molecule has 0 amide bonds. The quantitative estimate of drug-likeness (QED) is 0.570. The maximum Gasteiger partial charge on any atom is 0.290 e. The minimum absolute atomic E-state index is 0.250. The number of fused-ring (bicyclic) bond motifs is 1. The molecule has 0 radical (unpaired) electrons. The van der Waals surface area contributed by atoms with E-state index in [2.05, 4.69) is 22.5 Å². The van der Waals surface area contributed by atoms with Gasteiger partial charge in [-0.15, -0.1) is 0 Å². The van der Waals surface area contributed by atoms with E-state index in [1.807, 2.05) is 0 Å². The number of allylic oxidation sites excluding steroid dienone is 1. The number of nitrogens with zero attached hydrogens (tertiary/aromatic N) is 1. The molecule has 2 N–H and O–H groups in total. The molecule has 0 bridgehead atoms. The number of carboxylic acid groups (broad SMARTS) is 1. The van der Waals surface area contributed by atoms with Crippen LogP contribution in [0.4, 0.5) is 0 Å². The second kappa shape index (κ2) is 6.43. The van der Waals surface area contributed by atoms with Gasteiger partial charge in [0.1, 0.15) is 0 Å². The van der Waals surface area contributed by atoms with Crippen LogP contribution in [0, 0.1) is 0 Å². The highest BCUT2D eigenvalue weighted by atomic mass is 16.3. The molecule has 4 nitrogen and oxygen atoms in total. The molecule has 0 aliphatic carbocycles. The van der Waals surface area contributed by atoms with Crippen molar-refractivity contribution in [3.63, 3.8) is 0 Å². The minimum Gasteiger partial charge on any atom is -0.483 e. The molecule has 1 fully saturated rings. The Morgan fingerprint density at radius 3 is 3.07 bits per heavy atom. The lowest BCUT2D eigenvalue weighted by Crippen LogP contribution is -2.48. The van der Waals surface area contributed by atoms with Crippen molar-refractivity contribution >= 4 is 6.47 Å². The average molecular weight is 198 g/mol. The Bertz CT molecular complexity index is 195. The van der Waals surface area contributed by atoms with Crippen LogP contribution in [-0.2, 0) is 4.79 Å². The molecule has 1 unspecified atom stereocenters. The van der Waals surface area contributed by atoms with Crippen molar-refractivity contribution < 1.29 is 9.90 Å². The van der Waals surface area contributed by atoms with Gasteiger partial charge in [0, 0.05) is 6.54 Å². The van der Waals surface area contributed by atoms with Crippen molar-refractivity contribution in [2.24, 2.45) is 0 Å². The van der Waals surface area contributed by atoms with Gasteiger partial charge in [-0.3, -0.25) is 10.1 Å². The van der Waals surface area contributed by atoms with E-state index in [0.717, 1.165) is 0 Å². The Balaban J connectivity index is 0.000000293. The van der Waals surface area contributed by atoms with Crippen LogP contribution in [0.5, 0.6) is 0 Å². The van der Waals surface area contributed by atoms with Crippen LogP contribution < -0.4 is 5.32 Å². The van der Waals surface area contributed by atoms with Crippen molar-refractivity contribution in [2.45, 2.75) is 31.8 Å². The number of nitrogens with one attached hydrogen (secondary N) is 1. The lowest BCUT2D eigenvalue weighted by atomic mass is 10.2. The smallest absolute Gasteiger partial charge is 0.290 e. The van der Waals surface area contributed by atoms with Gasteiger partial charge < -0.3 is 10.0 Å². The molecule has 0 saturated carbocycles. The highest BCUT2D eigenvalue weighted by Gasteiger charge is 2.19. The maximum absolute atomic E-state index is 8.36. The van der Waals surface area contributed by atoms with Crippen LogP contribution in [0.25, 0.3) is 0 Å². The summed E-state index contributed by atoms with van der Waals surface area (Å²) in [5.41, 5.74) is 0. The SMILES string of the molecule is C1=CN2CCCNC2CCC1.O=CO. The van der Waals surface area contributed by atoms with Crippen molar-refractivity contribution in [1.29, 1.82) is 0 Å². The molecule has 14 heavy (non-hydrogen) atoms. The van der Waals surface area contributed by atoms with Crippen molar-refractivity contribution in [3.8, 4) is 0 Å². The number of hydrogen-bond donors (Lipinski definition) is 2. The summed E-state index contributed by atoms with van der Waals surface area (Å²) >= 11 is 0. The fourth-order valence-electron chi connectivity index (χ4n) is 1.89. The van der Waals surface area contributed by atoms with Gasteiger partial charge in [-0.25, -0.2) is 0 Å². The zero-order valence-electron chi connectivity index (χ0n) is 8.35. The van der Waals surface area contributed by atoms with Gasteiger partial charge in [-0.2, -0.15) is 0 Å².